The zero-order valence-corrected chi connectivity index (χ0v) is 7.12. The first-order valence-electron chi connectivity index (χ1n) is 3.31. The van der Waals surface area contributed by atoms with Crippen molar-refractivity contribution in [2.45, 2.75) is 6.04 Å². The Balaban J connectivity index is 3.12. The van der Waals surface area contributed by atoms with Crippen molar-refractivity contribution in [2.75, 3.05) is 0 Å². The molecule has 1 aromatic rings. The van der Waals surface area contributed by atoms with Gasteiger partial charge in [0, 0.05) is 11.8 Å². The highest BCUT2D eigenvalue weighted by Gasteiger charge is 2.19. The van der Waals surface area contributed by atoms with E-state index in [1.165, 1.54) is 0 Å². The smallest absolute Gasteiger partial charge is 0.325 e. The fourth-order valence-corrected chi connectivity index (χ4v) is 0.956. The number of aromatic nitrogens is 1. The Morgan fingerprint density at radius 3 is 2.92 bits per heavy atom. The van der Waals surface area contributed by atoms with Crippen LogP contribution in [0.1, 0.15) is 11.6 Å². The molecule has 1 atom stereocenters. The van der Waals surface area contributed by atoms with E-state index in [2.05, 4.69) is 4.98 Å². The molecule has 0 saturated heterocycles. The van der Waals surface area contributed by atoms with E-state index in [1.54, 1.807) is 0 Å². The van der Waals surface area contributed by atoms with E-state index in [9.17, 15) is 9.18 Å². The molecule has 0 fully saturated rings. The van der Waals surface area contributed by atoms with Crippen molar-refractivity contribution in [3.63, 3.8) is 0 Å². The van der Waals surface area contributed by atoms with Crippen LogP contribution in [0.3, 0.4) is 0 Å². The summed E-state index contributed by atoms with van der Waals surface area (Å²) in [6, 6.07) is -0.297. The molecule has 1 aromatic heterocycles. The molecule has 0 radical (unpaired) electrons. The normalized spacial score (nSPS) is 12.5. The summed E-state index contributed by atoms with van der Waals surface area (Å²) in [7, 11) is 0. The molecular weight excluding hydrogens is 199 g/mol. The number of pyridine rings is 1. The molecule has 6 heteroatoms. The summed E-state index contributed by atoms with van der Waals surface area (Å²) in [6.45, 7) is 0. The molecule has 0 spiro atoms. The SMILES string of the molecule is NC(C(=O)O)c1cc(Cl)cnc1F. The molecule has 0 amide bonds. The number of nitrogens with two attached hydrogens (primary N) is 1. The third-order valence-corrected chi connectivity index (χ3v) is 1.64. The molecule has 1 rings (SSSR count). The van der Waals surface area contributed by atoms with E-state index in [4.69, 9.17) is 22.4 Å². The second-order valence-corrected chi connectivity index (χ2v) is 2.79. The summed E-state index contributed by atoms with van der Waals surface area (Å²) < 4.78 is 12.9. The third kappa shape index (κ3) is 2.13. The Morgan fingerprint density at radius 1 is 1.77 bits per heavy atom. The minimum atomic E-state index is -1.44. The Bertz CT molecular complexity index is 345. The lowest BCUT2D eigenvalue weighted by Gasteiger charge is -2.06. The van der Waals surface area contributed by atoms with Gasteiger partial charge >= 0.3 is 5.97 Å². The van der Waals surface area contributed by atoms with Gasteiger partial charge in [-0.2, -0.15) is 4.39 Å². The summed E-state index contributed by atoms with van der Waals surface area (Å²) in [5, 5.41) is 8.63. The van der Waals surface area contributed by atoms with Gasteiger partial charge in [0.2, 0.25) is 5.95 Å². The van der Waals surface area contributed by atoms with Crippen LogP contribution in [0.15, 0.2) is 12.3 Å². The van der Waals surface area contributed by atoms with E-state index < -0.39 is 18.0 Å². The number of nitrogens with zero attached hydrogens (tertiary/aromatic N) is 1. The summed E-state index contributed by atoms with van der Waals surface area (Å²) in [6.07, 6.45) is 1.08. The van der Waals surface area contributed by atoms with E-state index in [0.29, 0.717) is 0 Å². The van der Waals surface area contributed by atoms with Crippen molar-refractivity contribution in [1.82, 2.24) is 4.98 Å². The Hall–Kier alpha value is -1.20. The molecule has 0 aliphatic rings. The topological polar surface area (TPSA) is 76.2 Å². The van der Waals surface area contributed by atoms with Gasteiger partial charge in [0.1, 0.15) is 6.04 Å². The van der Waals surface area contributed by atoms with Crippen molar-refractivity contribution in [2.24, 2.45) is 5.73 Å². The average Bonchev–Trinajstić information content (AvgIpc) is 2.08. The maximum Gasteiger partial charge on any atom is 0.325 e. The van der Waals surface area contributed by atoms with Gasteiger partial charge < -0.3 is 10.8 Å². The number of carboxylic acid groups (broad SMARTS) is 1. The molecule has 70 valence electrons. The first-order valence-corrected chi connectivity index (χ1v) is 3.69. The molecule has 13 heavy (non-hydrogen) atoms. The van der Waals surface area contributed by atoms with Gasteiger partial charge in [0.15, 0.2) is 0 Å². The van der Waals surface area contributed by atoms with E-state index in [-0.39, 0.29) is 10.6 Å². The summed E-state index contributed by atoms with van der Waals surface area (Å²) in [5.41, 5.74) is 4.95. The quantitative estimate of drug-likeness (QED) is 0.704. The van der Waals surface area contributed by atoms with Crippen molar-refractivity contribution in [3.05, 3.63) is 28.8 Å². The first kappa shape index (κ1) is 9.88. The zero-order valence-electron chi connectivity index (χ0n) is 6.37. The van der Waals surface area contributed by atoms with Gasteiger partial charge in [-0.1, -0.05) is 11.6 Å². The van der Waals surface area contributed by atoms with Crippen molar-refractivity contribution >= 4 is 17.6 Å². The van der Waals surface area contributed by atoms with Crippen LogP contribution >= 0.6 is 11.6 Å². The number of halogens is 2. The van der Waals surface area contributed by atoms with Crippen LogP contribution in [0.25, 0.3) is 0 Å². The van der Waals surface area contributed by atoms with Gasteiger partial charge in [-0.15, -0.1) is 0 Å². The Kier molecular flexibility index (Phi) is 2.79. The molecule has 0 aliphatic heterocycles. The Morgan fingerprint density at radius 2 is 2.38 bits per heavy atom. The molecule has 0 saturated carbocycles. The van der Waals surface area contributed by atoms with Crippen molar-refractivity contribution in [3.8, 4) is 0 Å². The van der Waals surface area contributed by atoms with Gasteiger partial charge in [-0.05, 0) is 6.07 Å². The van der Waals surface area contributed by atoms with Crippen LogP contribution in [0.5, 0.6) is 0 Å². The summed E-state index contributed by atoms with van der Waals surface area (Å²) in [4.78, 5) is 13.6. The fourth-order valence-electron chi connectivity index (χ4n) is 0.789. The van der Waals surface area contributed by atoms with Gasteiger partial charge in [0.05, 0.1) is 5.02 Å². The molecule has 0 aliphatic carbocycles. The fraction of sp³-hybridized carbons (Fsp3) is 0.143. The first-order chi connectivity index (χ1) is 6.02. The second-order valence-electron chi connectivity index (χ2n) is 2.35. The minimum Gasteiger partial charge on any atom is -0.480 e. The van der Waals surface area contributed by atoms with Crippen LogP contribution < -0.4 is 5.73 Å². The standard InChI is InChI=1S/C7H6ClFN2O2/c8-3-1-4(5(10)7(12)13)6(9)11-2-3/h1-2,5H,10H2,(H,12,13). The van der Waals surface area contributed by atoms with E-state index >= 15 is 0 Å². The largest absolute Gasteiger partial charge is 0.480 e. The van der Waals surface area contributed by atoms with Crippen molar-refractivity contribution in [1.29, 1.82) is 0 Å². The van der Waals surface area contributed by atoms with Crippen molar-refractivity contribution < 1.29 is 14.3 Å². The molecular formula is C7H6ClFN2O2. The third-order valence-electron chi connectivity index (χ3n) is 1.43. The number of aliphatic carboxylic acids is 1. The van der Waals surface area contributed by atoms with E-state index in [0.717, 1.165) is 12.3 Å². The molecule has 1 heterocycles. The summed E-state index contributed by atoms with van der Waals surface area (Å²) >= 11 is 5.49. The maximum atomic E-state index is 12.9. The van der Waals surface area contributed by atoms with Gasteiger partial charge in [-0.3, -0.25) is 4.79 Å². The number of hydrogen-bond donors (Lipinski definition) is 2. The highest BCUT2D eigenvalue weighted by molar-refractivity contribution is 6.30. The Labute approximate surface area is 78.1 Å². The maximum absolute atomic E-state index is 12.9. The van der Waals surface area contributed by atoms with Crippen LogP contribution in [0.4, 0.5) is 4.39 Å². The number of rotatable bonds is 2. The lowest BCUT2D eigenvalue weighted by atomic mass is 10.1. The van der Waals surface area contributed by atoms with E-state index in [1.807, 2.05) is 0 Å². The van der Waals surface area contributed by atoms with Crippen LogP contribution in [-0.4, -0.2) is 16.1 Å². The lowest BCUT2D eigenvalue weighted by Crippen LogP contribution is -2.22. The predicted octanol–water partition coefficient (Wildman–Crippen LogP) is 0.958. The molecule has 3 N–H and O–H groups in total. The molecule has 4 nitrogen and oxygen atoms in total. The summed E-state index contributed by atoms with van der Waals surface area (Å²) in [5.74, 6) is -2.25. The lowest BCUT2D eigenvalue weighted by molar-refractivity contribution is -0.138. The zero-order chi connectivity index (χ0) is 10.0. The molecule has 0 aromatic carbocycles. The van der Waals surface area contributed by atoms with Crippen LogP contribution in [0, 0.1) is 5.95 Å². The average molecular weight is 205 g/mol. The highest BCUT2D eigenvalue weighted by Crippen LogP contribution is 2.17. The minimum absolute atomic E-state index is 0.146. The van der Waals surface area contributed by atoms with Crippen LogP contribution in [-0.2, 0) is 4.79 Å². The molecule has 0 bridgehead atoms. The van der Waals surface area contributed by atoms with Gasteiger partial charge in [0.25, 0.3) is 0 Å². The second kappa shape index (κ2) is 3.67. The predicted molar refractivity (Wildman–Crippen MR) is 43.8 cm³/mol. The monoisotopic (exact) mass is 204 g/mol. The number of hydrogen-bond acceptors (Lipinski definition) is 3. The van der Waals surface area contributed by atoms with Crippen LogP contribution in [0.2, 0.25) is 5.02 Å². The number of carbonyl (C=O) groups is 1. The highest BCUT2D eigenvalue weighted by atomic mass is 35.5. The number of carboxylic acids is 1. The molecule has 1 unspecified atom stereocenters. The van der Waals surface area contributed by atoms with Gasteiger partial charge in [-0.25, -0.2) is 4.98 Å².